The fraction of sp³-hybridized carbons (Fsp3) is 0.455. The first kappa shape index (κ1) is 11.4. The Balaban J connectivity index is 2.43. The molecule has 0 N–H and O–H groups in total. The minimum atomic E-state index is -0.396. The maximum absolute atomic E-state index is 10.9. The molecule has 0 atom stereocenters. The fourth-order valence-electron chi connectivity index (χ4n) is 1.81. The second-order valence-corrected chi connectivity index (χ2v) is 4.62. The van der Waals surface area contributed by atoms with Crippen molar-refractivity contribution in [2.75, 3.05) is 12.4 Å². The van der Waals surface area contributed by atoms with Crippen LogP contribution < -0.4 is 4.74 Å². The number of hydrogen-bond donors (Lipinski definition) is 0. The molecule has 1 aliphatic rings. The summed E-state index contributed by atoms with van der Waals surface area (Å²) in [5.41, 5.74) is 1.18. The molecule has 0 saturated heterocycles. The fourth-order valence-corrected chi connectivity index (χ4v) is 2.70. The third-order valence-corrected chi connectivity index (χ3v) is 4.17. The van der Waals surface area contributed by atoms with E-state index in [1.54, 1.807) is 12.1 Å². The van der Waals surface area contributed by atoms with E-state index >= 15 is 0 Å². The highest BCUT2D eigenvalue weighted by molar-refractivity contribution is 9.09. The molecule has 1 aromatic rings. The van der Waals surface area contributed by atoms with Gasteiger partial charge in [-0.2, -0.15) is 0 Å². The van der Waals surface area contributed by atoms with Gasteiger partial charge in [-0.15, -0.1) is 0 Å². The lowest BCUT2D eigenvalue weighted by atomic mass is 9.97. The smallest absolute Gasteiger partial charge is 0.311 e. The molecular formula is C11H12BrNO3. The van der Waals surface area contributed by atoms with Crippen LogP contribution in [0.3, 0.4) is 0 Å². The molecule has 2 rings (SSSR count). The molecule has 0 aliphatic heterocycles. The molecule has 0 radical (unpaired) electrons. The number of alkyl halides is 1. The molecule has 4 nitrogen and oxygen atoms in total. The minimum absolute atomic E-state index is 0.0484. The van der Waals surface area contributed by atoms with Gasteiger partial charge in [0.1, 0.15) is 0 Å². The average Bonchev–Trinajstić information content (AvgIpc) is 3.09. The zero-order chi connectivity index (χ0) is 11.8. The van der Waals surface area contributed by atoms with Gasteiger partial charge in [0.25, 0.3) is 0 Å². The van der Waals surface area contributed by atoms with Crippen molar-refractivity contribution in [2.24, 2.45) is 0 Å². The number of nitro benzene ring substituents is 1. The lowest BCUT2D eigenvalue weighted by Gasteiger charge is -2.12. The number of halogens is 1. The molecule has 1 saturated carbocycles. The second kappa shape index (κ2) is 4.05. The van der Waals surface area contributed by atoms with Gasteiger partial charge in [-0.25, -0.2) is 0 Å². The Morgan fingerprint density at radius 3 is 2.69 bits per heavy atom. The number of rotatable bonds is 4. The van der Waals surface area contributed by atoms with Gasteiger partial charge in [0.2, 0.25) is 0 Å². The number of benzene rings is 1. The van der Waals surface area contributed by atoms with E-state index in [4.69, 9.17) is 4.74 Å². The van der Waals surface area contributed by atoms with Gasteiger partial charge >= 0.3 is 5.69 Å². The third-order valence-electron chi connectivity index (χ3n) is 3.10. The average molecular weight is 286 g/mol. The van der Waals surface area contributed by atoms with Crippen LogP contribution in [-0.2, 0) is 5.41 Å². The summed E-state index contributed by atoms with van der Waals surface area (Å²) < 4.78 is 4.97. The van der Waals surface area contributed by atoms with E-state index in [1.165, 1.54) is 7.11 Å². The number of hydrogen-bond acceptors (Lipinski definition) is 3. The van der Waals surface area contributed by atoms with Crippen molar-refractivity contribution in [1.82, 2.24) is 0 Å². The van der Waals surface area contributed by atoms with Crippen LogP contribution in [0.5, 0.6) is 5.75 Å². The van der Waals surface area contributed by atoms with E-state index in [1.807, 2.05) is 6.07 Å². The van der Waals surface area contributed by atoms with Crippen molar-refractivity contribution in [2.45, 2.75) is 18.3 Å². The quantitative estimate of drug-likeness (QED) is 0.485. The SMILES string of the molecule is COc1ccc(C2(CBr)CC2)cc1[N+](=O)[O-]. The van der Waals surface area contributed by atoms with Crippen LogP contribution in [0, 0.1) is 10.1 Å². The van der Waals surface area contributed by atoms with Gasteiger partial charge in [-0.1, -0.05) is 22.0 Å². The highest BCUT2D eigenvalue weighted by atomic mass is 79.9. The molecular weight excluding hydrogens is 274 g/mol. The predicted octanol–water partition coefficient (Wildman–Crippen LogP) is 3.03. The van der Waals surface area contributed by atoms with Gasteiger partial charge in [0.15, 0.2) is 5.75 Å². The Bertz CT molecular complexity index is 429. The first-order chi connectivity index (χ1) is 7.63. The van der Waals surface area contributed by atoms with E-state index in [0.29, 0.717) is 5.75 Å². The molecule has 1 fully saturated rings. The molecule has 1 aromatic carbocycles. The predicted molar refractivity (Wildman–Crippen MR) is 64.4 cm³/mol. The Hall–Kier alpha value is -1.10. The zero-order valence-electron chi connectivity index (χ0n) is 8.90. The molecule has 0 unspecified atom stereocenters. The van der Waals surface area contributed by atoms with E-state index in [2.05, 4.69) is 15.9 Å². The summed E-state index contributed by atoms with van der Waals surface area (Å²) in [5.74, 6) is 0.319. The van der Waals surface area contributed by atoms with E-state index in [9.17, 15) is 10.1 Å². The van der Waals surface area contributed by atoms with Gasteiger partial charge in [0, 0.05) is 16.8 Å². The first-order valence-corrected chi connectivity index (χ1v) is 6.14. The number of nitro groups is 1. The minimum Gasteiger partial charge on any atom is -0.490 e. The van der Waals surface area contributed by atoms with Gasteiger partial charge < -0.3 is 4.74 Å². The summed E-state index contributed by atoms with van der Waals surface area (Å²) in [6.45, 7) is 0. The topological polar surface area (TPSA) is 52.4 Å². The molecule has 0 amide bonds. The standard InChI is InChI=1S/C11H12BrNO3/c1-16-10-3-2-8(6-9(10)13(14)15)11(7-12)4-5-11/h2-3,6H,4-5,7H2,1H3. The van der Waals surface area contributed by atoms with Crippen molar-refractivity contribution in [3.63, 3.8) is 0 Å². The van der Waals surface area contributed by atoms with Gasteiger partial charge in [-0.3, -0.25) is 10.1 Å². The Morgan fingerprint density at radius 2 is 2.25 bits per heavy atom. The van der Waals surface area contributed by atoms with Crippen molar-refractivity contribution >= 4 is 21.6 Å². The summed E-state index contributed by atoms with van der Waals surface area (Å²) in [4.78, 5) is 10.5. The molecule has 86 valence electrons. The second-order valence-electron chi connectivity index (χ2n) is 4.06. The molecule has 0 aromatic heterocycles. The number of nitrogens with zero attached hydrogens (tertiary/aromatic N) is 1. The van der Waals surface area contributed by atoms with Crippen LogP contribution in [0.2, 0.25) is 0 Å². The zero-order valence-corrected chi connectivity index (χ0v) is 10.5. The van der Waals surface area contributed by atoms with Crippen molar-refractivity contribution in [1.29, 1.82) is 0 Å². The van der Waals surface area contributed by atoms with Crippen LogP contribution in [0.1, 0.15) is 18.4 Å². The Kier molecular flexibility index (Phi) is 2.88. The molecule has 1 aliphatic carbocycles. The molecule has 16 heavy (non-hydrogen) atoms. The summed E-state index contributed by atoms with van der Waals surface area (Å²) in [5, 5.41) is 11.7. The summed E-state index contributed by atoms with van der Waals surface area (Å²) in [6.07, 6.45) is 2.17. The number of methoxy groups -OCH3 is 1. The monoisotopic (exact) mass is 285 g/mol. The van der Waals surface area contributed by atoms with E-state index in [-0.39, 0.29) is 11.1 Å². The van der Waals surface area contributed by atoms with Gasteiger partial charge in [0.05, 0.1) is 12.0 Å². The van der Waals surface area contributed by atoms with Crippen molar-refractivity contribution < 1.29 is 9.66 Å². The van der Waals surface area contributed by atoms with E-state index < -0.39 is 4.92 Å². The van der Waals surface area contributed by atoms with Gasteiger partial charge in [-0.05, 0) is 24.5 Å². The summed E-state index contributed by atoms with van der Waals surface area (Å²) in [7, 11) is 1.44. The first-order valence-electron chi connectivity index (χ1n) is 5.02. The van der Waals surface area contributed by atoms with E-state index in [0.717, 1.165) is 23.7 Å². The van der Waals surface area contributed by atoms with Crippen molar-refractivity contribution in [3.8, 4) is 5.75 Å². The highest BCUT2D eigenvalue weighted by Gasteiger charge is 2.44. The summed E-state index contributed by atoms with van der Waals surface area (Å²) >= 11 is 3.47. The largest absolute Gasteiger partial charge is 0.490 e. The van der Waals surface area contributed by atoms with Crippen LogP contribution >= 0.6 is 15.9 Å². The van der Waals surface area contributed by atoms with Crippen LogP contribution in [0.25, 0.3) is 0 Å². The Labute approximate surface area is 102 Å². The maximum Gasteiger partial charge on any atom is 0.311 e. The normalized spacial score (nSPS) is 16.9. The molecule has 5 heteroatoms. The number of ether oxygens (including phenoxy) is 1. The lowest BCUT2D eigenvalue weighted by Crippen LogP contribution is -2.08. The molecule has 0 spiro atoms. The molecule has 0 heterocycles. The molecule has 0 bridgehead atoms. The van der Waals surface area contributed by atoms with Crippen LogP contribution in [0.4, 0.5) is 5.69 Å². The Morgan fingerprint density at radius 1 is 1.56 bits per heavy atom. The summed E-state index contributed by atoms with van der Waals surface area (Å²) in [6, 6.07) is 5.23. The third kappa shape index (κ3) is 1.80. The highest BCUT2D eigenvalue weighted by Crippen LogP contribution is 2.50. The van der Waals surface area contributed by atoms with Crippen LogP contribution in [0.15, 0.2) is 18.2 Å². The lowest BCUT2D eigenvalue weighted by molar-refractivity contribution is -0.385. The van der Waals surface area contributed by atoms with Crippen LogP contribution in [-0.4, -0.2) is 17.4 Å². The van der Waals surface area contributed by atoms with Crippen molar-refractivity contribution in [3.05, 3.63) is 33.9 Å². The maximum atomic E-state index is 10.9.